The van der Waals surface area contributed by atoms with Crippen molar-refractivity contribution in [1.82, 2.24) is 21.5 Å². The van der Waals surface area contributed by atoms with Crippen molar-refractivity contribution in [3.63, 3.8) is 0 Å². The number of fused-ring (bicyclic) bond motifs is 3. The van der Waals surface area contributed by atoms with E-state index in [0.717, 1.165) is 18.9 Å². The summed E-state index contributed by atoms with van der Waals surface area (Å²) in [5.41, 5.74) is 4.38. The summed E-state index contributed by atoms with van der Waals surface area (Å²) in [4.78, 5) is 25.9. The molecule has 2 amide bonds. The second kappa shape index (κ2) is 11.5. The third-order valence-electron chi connectivity index (χ3n) is 9.30. The van der Waals surface area contributed by atoms with Crippen molar-refractivity contribution in [3.05, 3.63) is 29.0 Å². The van der Waals surface area contributed by atoms with Crippen LogP contribution >= 0.6 is 11.6 Å². The van der Waals surface area contributed by atoms with Crippen LogP contribution in [0.5, 0.6) is 5.75 Å². The number of nitrogens with one attached hydrogen (secondary N) is 4. The van der Waals surface area contributed by atoms with Gasteiger partial charge in [-0.2, -0.15) is 0 Å². The first-order valence-corrected chi connectivity index (χ1v) is 14.6. The molecular weight excluding hydrogens is 527 g/mol. The summed E-state index contributed by atoms with van der Waals surface area (Å²) in [6, 6.07) is 3.98. The third kappa shape index (κ3) is 6.20. The summed E-state index contributed by atoms with van der Waals surface area (Å²) >= 11 is 5.69. The van der Waals surface area contributed by atoms with E-state index < -0.39 is 40.9 Å². The molecule has 11 heteroatoms. The first-order valence-electron chi connectivity index (χ1n) is 14.2. The molecule has 1 saturated heterocycles. The zero-order chi connectivity index (χ0) is 27.7. The minimum absolute atomic E-state index is 0.0237. The van der Waals surface area contributed by atoms with Gasteiger partial charge in [0.05, 0.1) is 16.7 Å². The van der Waals surface area contributed by atoms with Gasteiger partial charge in [0.15, 0.2) is 6.61 Å². The van der Waals surface area contributed by atoms with Gasteiger partial charge in [0.25, 0.3) is 11.8 Å². The Morgan fingerprint density at radius 2 is 1.82 bits per heavy atom. The number of hydrogen-bond donors (Lipinski definition) is 5. The fourth-order valence-corrected chi connectivity index (χ4v) is 6.97. The molecule has 2 bridgehead atoms. The third-order valence-corrected chi connectivity index (χ3v) is 9.60. The predicted octanol–water partition coefficient (Wildman–Crippen LogP) is 3.43. The van der Waals surface area contributed by atoms with Crippen LogP contribution in [0.15, 0.2) is 18.2 Å². The Labute approximate surface area is 233 Å². The predicted molar refractivity (Wildman–Crippen MR) is 143 cm³/mol. The minimum Gasteiger partial charge on any atom is -0.484 e. The lowest BCUT2D eigenvalue weighted by atomic mass is 9.60. The SMILES string of the molecule is CC1(C2CCCCCCC2)NNC(C(=O)NC23CCC(NC(=O)COc4ccc(Cl)c(F)c4)(CC2)C(O)C3)O1. The molecule has 4 saturated carbocycles. The normalized spacial score (nSPS) is 35.2. The van der Waals surface area contributed by atoms with E-state index in [4.69, 9.17) is 21.1 Å². The summed E-state index contributed by atoms with van der Waals surface area (Å²) in [6.45, 7) is 1.71. The van der Waals surface area contributed by atoms with Crippen LogP contribution < -0.4 is 26.2 Å². The quantitative estimate of drug-likeness (QED) is 0.343. The summed E-state index contributed by atoms with van der Waals surface area (Å²) in [6.07, 6.45) is 9.26. The fraction of sp³-hybridized carbons (Fsp3) is 0.714. The van der Waals surface area contributed by atoms with Gasteiger partial charge in [0.1, 0.15) is 17.3 Å². The highest BCUT2D eigenvalue weighted by Crippen LogP contribution is 2.47. The Balaban J connectivity index is 1.13. The number of aliphatic hydroxyl groups excluding tert-OH is 1. The van der Waals surface area contributed by atoms with Crippen LogP contribution in [-0.4, -0.2) is 52.7 Å². The van der Waals surface area contributed by atoms with Gasteiger partial charge in [0.2, 0.25) is 6.23 Å². The zero-order valence-electron chi connectivity index (χ0n) is 22.5. The van der Waals surface area contributed by atoms with Gasteiger partial charge in [-0.15, -0.1) is 0 Å². The number of hydrazine groups is 1. The molecule has 216 valence electrons. The maximum atomic E-state index is 13.6. The number of hydrogen-bond acceptors (Lipinski definition) is 7. The van der Waals surface area contributed by atoms with Crippen molar-refractivity contribution in [2.45, 2.75) is 113 Å². The largest absolute Gasteiger partial charge is 0.484 e. The number of carbonyl (C=O) groups is 2. The molecule has 1 aromatic carbocycles. The standard InChI is InChI=1S/C28H40ClFN4O5/c1-26(18-7-5-3-2-4-6-8-18)34-33-25(39-26)24(37)32-27-11-13-28(14-12-27,22(35)16-27)31-23(36)17-38-19-9-10-20(29)21(30)15-19/h9-10,15,18,22,25,33-35H,2-8,11-14,16-17H2,1H3,(H,31,36)(H,32,37). The van der Waals surface area contributed by atoms with Gasteiger partial charge in [-0.3, -0.25) is 9.59 Å². The number of halogens is 2. The molecule has 4 aliphatic carbocycles. The summed E-state index contributed by atoms with van der Waals surface area (Å²) < 4.78 is 25.3. The van der Waals surface area contributed by atoms with Gasteiger partial charge < -0.3 is 25.2 Å². The van der Waals surface area contributed by atoms with Crippen molar-refractivity contribution in [3.8, 4) is 5.75 Å². The van der Waals surface area contributed by atoms with Crippen molar-refractivity contribution in [2.75, 3.05) is 6.61 Å². The Morgan fingerprint density at radius 1 is 1.13 bits per heavy atom. The molecule has 1 aromatic rings. The molecule has 3 unspecified atom stereocenters. The molecule has 9 nitrogen and oxygen atoms in total. The number of benzene rings is 1. The van der Waals surface area contributed by atoms with Crippen LogP contribution in [0.2, 0.25) is 5.02 Å². The lowest BCUT2D eigenvalue weighted by Crippen LogP contribution is -2.71. The van der Waals surface area contributed by atoms with E-state index in [1.54, 1.807) is 0 Å². The van der Waals surface area contributed by atoms with Crippen LogP contribution in [0.3, 0.4) is 0 Å². The van der Waals surface area contributed by atoms with Crippen molar-refractivity contribution in [1.29, 1.82) is 0 Å². The molecule has 1 heterocycles. The van der Waals surface area contributed by atoms with Crippen molar-refractivity contribution in [2.24, 2.45) is 5.92 Å². The number of ether oxygens (including phenoxy) is 2. The van der Waals surface area contributed by atoms with Crippen LogP contribution in [-0.2, 0) is 14.3 Å². The Hall–Kier alpha value is -1.98. The van der Waals surface area contributed by atoms with Gasteiger partial charge in [-0.05, 0) is 64.0 Å². The van der Waals surface area contributed by atoms with Gasteiger partial charge in [-0.1, -0.05) is 43.7 Å². The molecule has 0 radical (unpaired) electrons. The zero-order valence-corrected chi connectivity index (χ0v) is 23.2. The topological polar surface area (TPSA) is 121 Å². The van der Waals surface area contributed by atoms with E-state index >= 15 is 0 Å². The number of amides is 2. The van der Waals surface area contributed by atoms with Crippen molar-refractivity contribution < 1.29 is 28.6 Å². The van der Waals surface area contributed by atoms with E-state index in [-0.39, 0.29) is 23.3 Å². The molecule has 5 fully saturated rings. The van der Waals surface area contributed by atoms with Crippen LogP contribution in [0, 0.1) is 11.7 Å². The average molecular weight is 567 g/mol. The van der Waals surface area contributed by atoms with E-state index in [9.17, 15) is 19.1 Å². The Kier molecular flexibility index (Phi) is 8.41. The number of aliphatic hydroxyl groups is 1. The molecule has 5 aliphatic rings. The van der Waals surface area contributed by atoms with Gasteiger partial charge >= 0.3 is 0 Å². The lowest BCUT2D eigenvalue weighted by Gasteiger charge is -2.56. The highest BCUT2D eigenvalue weighted by molar-refractivity contribution is 6.30. The van der Waals surface area contributed by atoms with Crippen LogP contribution in [0.4, 0.5) is 4.39 Å². The second-order valence-corrected chi connectivity index (χ2v) is 12.4. The molecule has 3 atom stereocenters. The maximum Gasteiger partial charge on any atom is 0.266 e. The van der Waals surface area contributed by atoms with Gasteiger partial charge in [0, 0.05) is 17.5 Å². The number of rotatable bonds is 7. The minimum atomic E-state index is -0.826. The van der Waals surface area contributed by atoms with Crippen molar-refractivity contribution >= 4 is 23.4 Å². The van der Waals surface area contributed by atoms with Crippen LogP contribution in [0.25, 0.3) is 0 Å². The highest BCUT2D eigenvalue weighted by Gasteiger charge is 2.56. The maximum absolute atomic E-state index is 13.6. The molecule has 1 aliphatic heterocycles. The van der Waals surface area contributed by atoms with E-state index in [0.29, 0.717) is 38.0 Å². The Morgan fingerprint density at radius 3 is 2.49 bits per heavy atom. The average Bonchev–Trinajstić information content (AvgIpc) is 3.29. The lowest BCUT2D eigenvalue weighted by molar-refractivity contribution is -0.149. The van der Waals surface area contributed by atoms with Gasteiger partial charge in [-0.25, -0.2) is 15.2 Å². The summed E-state index contributed by atoms with van der Waals surface area (Å²) in [5, 5.41) is 17.2. The Bertz CT molecular complexity index is 1060. The molecular formula is C28H40ClFN4O5. The molecule has 5 N–H and O–H groups in total. The van der Waals surface area contributed by atoms with E-state index in [2.05, 4.69) is 21.5 Å². The smallest absolute Gasteiger partial charge is 0.266 e. The molecule has 6 rings (SSSR count). The second-order valence-electron chi connectivity index (χ2n) is 12.0. The first-order chi connectivity index (χ1) is 18.6. The first kappa shape index (κ1) is 28.5. The summed E-state index contributed by atoms with van der Waals surface area (Å²) in [5.74, 6) is -0.737. The highest BCUT2D eigenvalue weighted by atomic mass is 35.5. The van der Waals surface area contributed by atoms with Crippen LogP contribution in [0.1, 0.15) is 84.0 Å². The summed E-state index contributed by atoms with van der Waals surface area (Å²) in [7, 11) is 0. The van der Waals surface area contributed by atoms with E-state index in [1.807, 2.05) is 6.92 Å². The molecule has 0 spiro atoms. The monoisotopic (exact) mass is 566 g/mol. The molecule has 39 heavy (non-hydrogen) atoms. The number of carbonyl (C=O) groups excluding carboxylic acids is 2. The molecule has 0 aromatic heterocycles. The van der Waals surface area contributed by atoms with E-state index in [1.165, 1.54) is 44.2 Å². The fourth-order valence-electron chi connectivity index (χ4n) is 6.85.